The van der Waals surface area contributed by atoms with Gasteiger partial charge in [0.15, 0.2) is 10.6 Å². The van der Waals surface area contributed by atoms with Gasteiger partial charge in [0, 0.05) is 24.1 Å². The van der Waals surface area contributed by atoms with Crippen molar-refractivity contribution in [2.45, 2.75) is 31.9 Å². The van der Waals surface area contributed by atoms with E-state index in [2.05, 4.69) is 0 Å². The lowest BCUT2D eigenvalue weighted by molar-refractivity contribution is -0.384. The Balaban J connectivity index is 1.34. The van der Waals surface area contributed by atoms with Gasteiger partial charge in [-0.1, -0.05) is 35.6 Å². The van der Waals surface area contributed by atoms with E-state index in [-0.39, 0.29) is 23.6 Å². The Bertz CT molecular complexity index is 1870. The number of carbonyl (C=O) groups excluding carboxylic acids is 1. The molecule has 0 saturated carbocycles. The van der Waals surface area contributed by atoms with Crippen molar-refractivity contribution in [2.75, 3.05) is 7.11 Å². The Morgan fingerprint density at radius 1 is 1.05 bits per heavy atom. The minimum Gasteiger partial charge on any atom is -0.497 e. The maximum Gasteiger partial charge on any atom is 0.271 e. The third-order valence-electron chi connectivity index (χ3n) is 7.17. The summed E-state index contributed by atoms with van der Waals surface area (Å²) in [6.45, 7) is 0.241. The lowest BCUT2D eigenvalue weighted by Crippen LogP contribution is -2.40. The zero-order valence-electron chi connectivity index (χ0n) is 22.1. The summed E-state index contributed by atoms with van der Waals surface area (Å²) < 4.78 is 13.4. The van der Waals surface area contributed by atoms with E-state index in [1.54, 1.807) is 29.9 Å². The molecule has 10 heteroatoms. The number of hydrogen-bond acceptors (Lipinski definition) is 8. The molecule has 2 aliphatic rings. The highest BCUT2D eigenvalue weighted by Gasteiger charge is 2.35. The molecule has 0 saturated heterocycles. The number of thiazole rings is 1. The molecule has 9 nitrogen and oxygen atoms in total. The van der Waals surface area contributed by atoms with Crippen molar-refractivity contribution in [3.63, 3.8) is 0 Å². The number of aromatic nitrogens is 1. The number of hydrogen-bond donors (Lipinski definition) is 0. The summed E-state index contributed by atoms with van der Waals surface area (Å²) in [5, 5.41) is 10.9. The quantitative estimate of drug-likeness (QED) is 0.241. The van der Waals surface area contributed by atoms with Crippen LogP contribution >= 0.6 is 11.3 Å². The first kappa shape index (κ1) is 26.4. The highest BCUT2D eigenvalue weighted by molar-refractivity contribution is 7.07. The van der Waals surface area contributed by atoms with E-state index in [4.69, 9.17) is 14.5 Å². The number of ether oxygens (including phenoxy) is 2. The summed E-state index contributed by atoms with van der Waals surface area (Å²) in [4.78, 5) is 42.7. The summed E-state index contributed by atoms with van der Waals surface area (Å²) in [5.74, 6) is 1.33. The number of fused-ring (bicyclic) bond motifs is 1. The van der Waals surface area contributed by atoms with E-state index in [1.807, 2.05) is 48.5 Å². The van der Waals surface area contributed by atoms with Gasteiger partial charge in [-0.2, -0.15) is 0 Å². The van der Waals surface area contributed by atoms with Crippen molar-refractivity contribution in [1.29, 1.82) is 0 Å². The van der Waals surface area contributed by atoms with Gasteiger partial charge < -0.3 is 9.47 Å². The summed E-state index contributed by atoms with van der Waals surface area (Å²) in [5.41, 5.74) is 3.58. The third-order valence-corrected chi connectivity index (χ3v) is 8.15. The summed E-state index contributed by atoms with van der Waals surface area (Å²) >= 11 is 1.30. The molecule has 0 spiro atoms. The Morgan fingerprint density at radius 3 is 2.56 bits per heavy atom. The van der Waals surface area contributed by atoms with E-state index in [1.165, 1.54) is 23.5 Å². The second kappa shape index (κ2) is 11.0. The first-order valence-electron chi connectivity index (χ1n) is 13.1. The Kier molecular flexibility index (Phi) is 7.07. The van der Waals surface area contributed by atoms with Crippen LogP contribution in [0.2, 0.25) is 0 Å². The monoisotopic (exact) mass is 567 g/mol. The van der Waals surface area contributed by atoms with E-state index in [0.29, 0.717) is 39.2 Å². The zero-order chi connectivity index (χ0) is 28.5. The summed E-state index contributed by atoms with van der Waals surface area (Å²) in [6.07, 6.45) is 3.70. The molecule has 3 aromatic carbocycles. The third kappa shape index (κ3) is 5.21. The molecule has 0 bridgehead atoms. The van der Waals surface area contributed by atoms with Crippen LogP contribution in [0.25, 0.3) is 6.08 Å². The number of carbonyl (C=O) groups is 1. The fourth-order valence-corrected chi connectivity index (χ4v) is 6.16. The molecule has 0 N–H and O–H groups in total. The van der Waals surface area contributed by atoms with Gasteiger partial charge in [-0.3, -0.25) is 24.3 Å². The SMILES string of the molecule is COc1ccc(C2C3=C(CCCC3=O)N=c3sc(=Cc4cccc(OCc5ccc([N+](=O)[O-])cc5)c4)c(=O)n32)cc1. The molecule has 1 aliphatic carbocycles. The van der Waals surface area contributed by atoms with Gasteiger partial charge in [-0.15, -0.1) is 0 Å². The van der Waals surface area contributed by atoms with Crippen LogP contribution in [0.15, 0.2) is 93.9 Å². The van der Waals surface area contributed by atoms with Gasteiger partial charge in [-0.05, 0) is 72.0 Å². The second-order valence-corrected chi connectivity index (χ2v) is 10.8. The maximum atomic E-state index is 13.8. The molecular weight excluding hydrogens is 542 g/mol. The molecule has 41 heavy (non-hydrogen) atoms. The number of methoxy groups -OCH3 is 1. The first-order valence-corrected chi connectivity index (χ1v) is 13.9. The van der Waals surface area contributed by atoms with E-state index in [0.717, 1.165) is 28.8 Å². The van der Waals surface area contributed by atoms with Crippen LogP contribution in [0.4, 0.5) is 5.69 Å². The van der Waals surface area contributed by atoms with Crippen LogP contribution in [0, 0.1) is 10.1 Å². The van der Waals surface area contributed by atoms with Gasteiger partial charge in [-0.25, -0.2) is 4.99 Å². The molecule has 0 fully saturated rings. The van der Waals surface area contributed by atoms with Crippen molar-refractivity contribution in [3.8, 4) is 11.5 Å². The standard InChI is InChI=1S/C31H25N3O6S/c1-39-23-14-10-21(11-15-23)29-28-25(6-3-7-26(28)35)32-31-33(29)30(36)27(41-31)17-20-4-2-5-24(16-20)40-18-19-8-12-22(13-9-19)34(37)38/h2,4-5,8-17,29H,3,6-7,18H2,1H3. The number of nitro benzene ring substituents is 1. The number of Topliss-reactive ketones (excluding diaryl/α,β-unsaturated/α-hetero) is 1. The predicted molar refractivity (Wildman–Crippen MR) is 154 cm³/mol. The second-order valence-electron chi connectivity index (χ2n) is 9.78. The maximum absolute atomic E-state index is 13.8. The van der Waals surface area contributed by atoms with Gasteiger partial charge in [0.05, 0.1) is 28.3 Å². The molecule has 1 unspecified atom stereocenters. The minimum absolute atomic E-state index is 0.0247. The van der Waals surface area contributed by atoms with E-state index in [9.17, 15) is 19.7 Å². The van der Waals surface area contributed by atoms with Crippen molar-refractivity contribution >= 4 is 28.9 Å². The first-order chi connectivity index (χ1) is 19.9. The summed E-state index contributed by atoms with van der Waals surface area (Å²) in [7, 11) is 1.60. The van der Waals surface area contributed by atoms with Crippen LogP contribution in [0.1, 0.15) is 42.0 Å². The number of non-ortho nitro benzene ring substituents is 1. The fraction of sp³-hybridized carbons (Fsp3) is 0.194. The molecule has 0 radical (unpaired) electrons. The fourth-order valence-electron chi connectivity index (χ4n) is 5.14. The van der Waals surface area contributed by atoms with Crippen molar-refractivity contribution < 1.29 is 19.2 Å². The number of benzene rings is 3. The van der Waals surface area contributed by atoms with Gasteiger partial charge in [0.1, 0.15) is 18.1 Å². The summed E-state index contributed by atoms with van der Waals surface area (Å²) in [6, 6.07) is 20.5. The zero-order valence-corrected chi connectivity index (χ0v) is 22.9. The van der Waals surface area contributed by atoms with E-state index < -0.39 is 11.0 Å². The van der Waals surface area contributed by atoms with Crippen molar-refractivity contribution in [3.05, 3.63) is 131 Å². The average Bonchev–Trinajstić information content (AvgIpc) is 3.29. The molecule has 0 amide bonds. The lowest BCUT2D eigenvalue weighted by Gasteiger charge is -2.28. The molecule has 1 atom stereocenters. The molecule has 206 valence electrons. The predicted octanol–water partition coefficient (Wildman–Crippen LogP) is 4.46. The molecule has 1 aliphatic heterocycles. The van der Waals surface area contributed by atoms with Gasteiger partial charge >= 0.3 is 0 Å². The van der Waals surface area contributed by atoms with Crippen LogP contribution in [0.3, 0.4) is 0 Å². The molecular formula is C31H25N3O6S. The number of allylic oxidation sites excluding steroid dienone is 2. The number of nitrogens with zero attached hydrogens (tertiary/aromatic N) is 3. The molecule has 2 heterocycles. The molecule has 6 rings (SSSR count). The minimum atomic E-state index is -0.543. The Hall–Kier alpha value is -4.83. The normalized spacial score (nSPS) is 16.6. The number of rotatable bonds is 7. The number of ketones is 1. The van der Waals surface area contributed by atoms with Gasteiger partial charge in [0.25, 0.3) is 11.2 Å². The number of nitro groups is 1. The van der Waals surface area contributed by atoms with Crippen LogP contribution in [-0.2, 0) is 11.4 Å². The topological polar surface area (TPSA) is 113 Å². The molecule has 4 aromatic rings. The van der Waals surface area contributed by atoms with Crippen LogP contribution < -0.4 is 24.4 Å². The van der Waals surface area contributed by atoms with Crippen LogP contribution in [0.5, 0.6) is 11.5 Å². The largest absolute Gasteiger partial charge is 0.497 e. The van der Waals surface area contributed by atoms with E-state index >= 15 is 0 Å². The average molecular weight is 568 g/mol. The van der Waals surface area contributed by atoms with Gasteiger partial charge in [0.2, 0.25) is 0 Å². The van der Waals surface area contributed by atoms with Crippen LogP contribution in [-0.4, -0.2) is 22.4 Å². The smallest absolute Gasteiger partial charge is 0.271 e. The molecule has 1 aromatic heterocycles. The Labute approximate surface area is 238 Å². The highest BCUT2D eigenvalue weighted by Crippen LogP contribution is 2.36. The lowest BCUT2D eigenvalue weighted by atomic mass is 9.86. The Morgan fingerprint density at radius 2 is 1.83 bits per heavy atom. The van der Waals surface area contributed by atoms with Crippen molar-refractivity contribution in [1.82, 2.24) is 4.57 Å². The highest BCUT2D eigenvalue weighted by atomic mass is 32.1. The van der Waals surface area contributed by atoms with Crippen molar-refractivity contribution in [2.24, 2.45) is 4.99 Å².